The van der Waals surface area contributed by atoms with Crippen molar-refractivity contribution in [2.45, 2.75) is 71.7 Å². The summed E-state index contributed by atoms with van der Waals surface area (Å²) in [6, 6.07) is 0. The van der Waals surface area contributed by atoms with E-state index in [9.17, 15) is 5.11 Å². The number of aromatic nitrogens is 1. The third-order valence-corrected chi connectivity index (χ3v) is 10.6. The molecule has 6 heteroatoms. The van der Waals surface area contributed by atoms with Crippen LogP contribution in [-0.4, -0.2) is 37.0 Å². The van der Waals surface area contributed by atoms with Crippen LogP contribution in [0.25, 0.3) is 6.08 Å². The zero-order valence-electron chi connectivity index (χ0n) is 17.2. The molecule has 0 aliphatic heterocycles. The average molecular weight is 416 g/mol. The van der Waals surface area contributed by atoms with Crippen molar-refractivity contribution in [3.05, 3.63) is 33.3 Å². The minimum atomic E-state index is -1.91. The van der Waals surface area contributed by atoms with Crippen LogP contribution in [0.4, 0.5) is 0 Å². The van der Waals surface area contributed by atoms with Gasteiger partial charge in [0.25, 0.3) is 0 Å². The van der Waals surface area contributed by atoms with Crippen LogP contribution < -0.4 is 0 Å². The van der Waals surface area contributed by atoms with Crippen molar-refractivity contribution < 1.29 is 9.53 Å². The van der Waals surface area contributed by atoms with Crippen LogP contribution in [0.2, 0.25) is 18.1 Å². The lowest BCUT2D eigenvalue weighted by Gasteiger charge is -2.39. The zero-order valence-corrected chi connectivity index (χ0v) is 19.8. The maximum atomic E-state index is 9.19. The number of nitrogens with zero attached hydrogens (tertiary/aromatic N) is 1. The van der Waals surface area contributed by atoms with Gasteiger partial charge >= 0.3 is 0 Å². The van der Waals surface area contributed by atoms with Gasteiger partial charge in [0.15, 0.2) is 8.32 Å². The first-order valence-corrected chi connectivity index (χ1v) is 13.4. The van der Waals surface area contributed by atoms with Gasteiger partial charge < -0.3 is 9.53 Å². The van der Waals surface area contributed by atoms with E-state index in [0.717, 1.165) is 22.7 Å². The third-order valence-electron chi connectivity index (χ3n) is 4.99. The van der Waals surface area contributed by atoms with Crippen molar-refractivity contribution in [1.29, 1.82) is 0 Å². The number of hydrogen-bond acceptors (Lipinski definition) is 4. The molecule has 1 aromatic heterocycles. The first kappa shape index (κ1) is 23.6. The highest BCUT2D eigenvalue weighted by atomic mass is 35.5. The molecule has 1 atom stereocenters. The van der Waals surface area contributed by atoms with Gasteiger partial charge in [-0.25, -0.2) is 4.98 Å². The van der Waals surface area contributed by atoms with Gasteiger partial charge in [-0.3, -0.25) is 0 Å². The molecule has 148 valence electrons. The maximum Gasteiger partial charge on any atom is 0.192 e. The van der Waals surface area contributed by atoms with Crippen molar-refractivity contribution in [2.75, 3.05) is 12.5 Å². The summed E-state index contributed by atoms with van der Waals surface area (Å²) in [5, 5.41) is 12.5. The summed E-state index contributed by atoms with van der Waals surface area (Å²) in [5.74, 6) is 0.446. The van der Waals surface area contributed by atoms with Crippen molar-refractivity contribution >= 4 is 37.3 Å². The molecule has 1 N–H and O–H groups in total. The van der Waals surface area contributed by atoms with Gasteiger partial charge in [0.2, 0.25) is 0 Å². The second kappa shape index (κ2) is 10.2. The number of halogens is 1. The van der Waals surface area contributed by atoms with Crippen LogP contribution in [-0.2, 0) is 4.43 Å². The van der Waals surface area contributed by atoms with Gasteiger partial charge in [0.1, 0.15) is 0 Å². The summed E-state index contributed by atoms with van der Waals surface area (Å²) < 4.78 is 6.71. The highest BCUT2D eigenvalue weighted by Crippen LogP contribution is 2.38. The highest BCUT2D eigenvalue weighted by molar-refractivity contribution is 7.09. The predicted octanol–water partition coefficient (Wildman–Crippen LogP) is 6.18. The molecule has 0 aliphatic rings. The maximum absolute atomic E-state index is 9.19. The summed E-state index contributed by atoms with van der Waals surface area (Å²) in [5.41, 5.74) is 3.23. The molecule has 0 radical (unpaired) electrons. The fraction of sp³-hybridized carbons (Fsp3) is 0.650. The van der Waals surface area contributed by atoms with Gasteiger partial charge in [0, 0.05) is 17.9 Å². The Morgan fingerprint density at radius 2 is 2.08 bits per heavy atom. The Morgan fingerprint density at radius 3 is 2.54 bits per heavy atom. The third kappa shape index (κ3) is 7.28. The quantitative estimate of drug-likeness (QED) is 0.297. The molecule has 0 aromatic carbocycles. The summed E-state index contributed by atoms with van der Waals surface area (Å²) in [6.07, 6.45) is 5.63. The van der Waals surface area contributed by atoms with Crippen molar-refractivity contribution in [3.63, 3.8) is 0 Å². The summed E-state index contributed by atoms with van der Waals surface area (Å²) in [6.45, 7) is 15.6. The molecule has 0 fully saturated rings. The van der Waals surface area contributed by atoms with Crippen LogP contribution in [0.5, 0.6) is 0 Å². The molecule has 0 saturated carbocycles. The van der Waals surface area contributed by atoms with Crippen molar-refractivity contribution in [3.8, 4) is 0 Å². The van der Waals surface area contributed by atoms with E-state index >= 15 is 0 Å². The lowest BCUT2D eigenvalue weighted by molar-refractivity contribution is 0.217. The van der Waals surface area contributed by atoms with Crippen LogP contribution in [0.3, 0.4) is 0 Å². The molecule has 0 unspecified atom stereocenters. The lowest BCUT2D eigenvalue weighted by atomic mass is 10.0. The lowest BCUT2D eigenvalue weighted by Crippen LogP contribution is -2.44. The summed E-state index contributed by atoms with van der Waals surface area (Å²) in [4.78, 5) is 4.55. The normalized spacial score (nSPS) is 15.4. The monoisotopic (exact) mass is 415 g/mol. The second-order valence-corrected chi connectivity index (χ2v) is 14.3. The molecular formula is C20H34ClNO2SSi. The van der Waals surface area contributed by atoms with E-state index < -0.39 is 8.32 Å². The number of aryl methyl sites for hydroxylation is 1. The van der Waals surface area contributed by atoms with Crippen LogP contribution >= 0.6 is 22.9 Å². The minimum Gasteiger partial charge on any atom is -0.410 e. The SMILES string of the molecule is C/C(=C\c1csc(C)n1)[C@H](C/C=C(/CCl)CCO)O[Si](C)(C)C(C)(C)C. The molecule has 26 heavy (non-hydrogen) atoms. The molecule has 1 rings (SSSR count). The largest absolute Gasteiger partial charge is 0.410 e. The smallest absolute Gasteiger partial charge is 0.192 e. The standard InChI is InChI=1S/C20H34ClNO2SSi/c1-15(12-18-14-25-16(2)22-18)19(9-8-17(13-21)10-11-23)24-26(6,7)20(3,4)5/h8,12,14,19,23H,9-11,13H2,1-7H3/b15-12+,17-8+/t19-/m0/s1. The van der Waals surface area contributed by atoms with E-state index in [1.807, 2.05) is 6.92 Å². The number of aliphatic hydroxyl groups excluding tert-OH is 1. The summed E-state index contributed by atoms with van der Waals surface area (Å²) in [7, 11) is -1.91. The average Bonchev–Trinajstić information content (AvgIpc) is 2.93. The van der Waals surface area contributed by atoms with Gasteiger partial charge in [0.05, 0.1) is 16.8 Å². The Balaban J connectivity index is 3.09. The fourth-order valence-corrected chi connectivity index (χ4v) is 4.43. The molecule has 0 saturated heterocycles. The Labute approximate surface area is 169 Å². The Morgan fingerprint density at radius 1 is 1.42 bits per heavy atom. The van der Waals surface area contributed by atoms with E-state index in [4.69, 9.17) is 16.0 Å². The van der Waals surface area contributed by atoms with Gasteiger partial charge in [-0.05, 0) is 56.5 Å². The topological polar surface area (TPSA) is 42.4 Å². The molecular weight excluding hydrogens is 382 g/mol. The van der Waals surface area contributed by atoms with Crippen molar-refractivity contribution in [1.82, 2.24) is 4.98 Å². The van der Waals surface area contributed by atoms with E-state index in [1.54, 1.807) is 11.3 Å². The summed E-state index contributed by atoms with van der Waals surface area (Å²) >= 11 is 7.67. The van der Waals surface area contributed by atoms with Crippen molar-refractivity contribution in [2.24, 2.45) is 0 Å². The number of thiazole rings is 1. The van der Waals surface area contributed by atoms with E-state index in [0.29, 0.717) is 12.3 Å². The van der Waals surface area contributed by atoms with Crippen LogP contribution in [0, 0.1) is 6.92 Å². The van der Waals surface area contributed by atoms with Crippen LogP contribution in [0.1, 0.15) is 51.2 Å². The second-order valence-electron chi connectivity index (χ2n) is 8.25. The first-order chi connectivity index (χ1) is 12.0. The molecule has 0 spiro atoms. The van der Waals surface area contributed by atoms with Gasteiger partial charge in [-0.15, -0.1) is 22.9 Å². The molecule has 0 amide bonds. The highest BCUT2D eigenvalue weighted by Gasteiger charge is 2.39. The number of rotatable bonds is 9. The molecule has 1 heterocycles. The Bertz CT molecular complexity index is 632. The molecule has 0 bridgehead atoms. The van der Waals surface area contributed by atoms with E-state index in [2.05, 4.69) is 63.3 Å². The molecule has 3 nitrogen and oxygen atoms in total. The Kier molecular flexibility index (Phi) is 9.23. The first-order valence-electron chi connectivity index (χ1n) is 9.13. The van der Waals surface area contributed by atoms with E-state index in [1.165, 1.54) is 5.57 Å². The van der Waals surface area contributed by atoms with Gasteiger partial charge in [-0.1, -0.05) is 32.4 Å². The minimum absolute atomic E-state index is 0.00481. The molecule has 1 aromatic rings. The molecule has 0 aliphatic carbocycles. The fourth-order valence-electron chi connectivity index (χ4n) is 2.27. The van der Waals surface area contributed by atoms with Crippen LogP contribution in [0.15, 0.2) is 22.6 Å². The number of aliphatic hydroxyl groups is 1. The van der Waals surface area contributed by atoms with Gasteiger partial charge in [-0.2, -0.15) is 0 Å². The number of hydrogen-bond donors (Lipinski definition) is 1. The van der Waals surface area contributed by atoms with E-state index in [-0.39, 0.29) is 17.7 Å². The Hall–Kier alpha value is -0.463. The zero-order chi connectivity index (χ0) is 20.0. The number of alkyl halides is 1. The predicted molar refractivity (Wildman–Crippen MR) is 118 cm³/mol.